The minimum atomic E-state index is -0.0673. The fourth-order valence-electron chi connectivity index (χ4n) is 3.47. The first kappa shape index (κ1) is 17.1. The van der Waals surface area contributed by atoms with Crippen molar-refractivity contribution in [3.05, 3.63) is 23.3 Å². The molecule has 24 heavy (non-hydrogen) atoms. The molecule has 1 unspecified atom stereocenters. The Labute approximate surface area is 142 Å². The van der Waals surface area contributed by atoms with Crippen molar-refractivity contribution in [3.63, 3.8) is 0 Å². The number of hydrogen-bond acceptors (Lipinski definition) is 5. The van der Waals surface area contributed by atoms with Gasteiger partial charge in [-0.1, -0.05) is 13.8 Å². The van der Waals surface area contributed by atoms with Crippen LogP contribution >= 0.6 is 0 Å². The Balaban J connectivity index is 1.56. The molecular weight excluding hydrogens is 308 g/mol. The Morgan fingerprint density at radius 2 is 2.38 bits per heavy atom. The molecule has 1 fully saturated rings. The number of rotatable bonds is 3. The summed E-state index contributed by atoms with van der Waals surface area (Å²) in [7, 11) is 1.74. The molecule has 0 saturated carbocycles. The third-order valence-electron chi connectivity index (χ3n) is 4.85. The molecule has 0 bridgehead atoms. The standard InChI is InChI=1S/C17H26N4O3/c1-17(2)11-21(6-4-14(17)23-3)16(22)19-9-15-18-8-12-10-24-7-5-13(12)20-15/h8,14H,4-7,9-11H2,1-3H3,(H,19,22). The molecule has 2 aliphatic heterocycles. The largest absolute Gasteiger partial charge is 0.381 e. The second kappa shape index (κ2) is 7.03. The summed E-state index contributed by atoms with van der Waals surface area (Å²) in [5.74, 6) is 0.648. The molecule has 0 aliphatic carbocycles. The monoisotopic (exact) mass is 334 g/mol. The zero-order valence-corrected chi connectivity index (χ0v) is 14.7. The molecule has 1 atom stereocenters. The summed E-state index contributed by atoms with van der Waals surface area (Å²) in [6, 6.07) is -0.0673. The maximum absolute atomic E-state index is 12.4. The number of amides is 2. The lowest BCUT2D eigenvalue weighted by Gasteiger charge is -2.43. The van der Waals surface area contributed by atoms with Crippen LogP contribution in [0.2, 0.25) is 0 Å². The van der Waals surface area contributed by atoms with Crippen LogP contribution in [0, 0.1) is 5.41 Å². The lowest BCUT2D eigenvalue weighted by molar-refractivity contribution is -0.0406. The SMILES string of the molecule is COC1CCN(C(=O)NCc2ncc3c(n2)CCOC3)CC1(C)C. The minimum absolute atomic E-state index is 0.0489. The van der Waals surface area contributed by atoms with Gasteiger partial charge in [0.05, 0.1) is 31.6 Å². The minimum Gasteiger partial charge on any atom is -0.381 e. The quantitative estimate of drug-likeness (QED) is 0.907. The topological polar surface area (TPSA) is 76.6 Å². The molecule has 3 rings (SSSR count). The van der Waals surface area contributed by atoms with E-state index in [1.54, 1.807) is 13.3 Å². The lowest BCUT2D eigenvalue weighted by Crippen LogP contribution is -2.53. The van der Waals surface area contributed by atoms with Gasteiger partial charge in [-0.25, -0.2) is 14.8 Å². The average Bonchev–Trinajstić information content (AvgIpc) is 2.58. The van der Waals surface area contributed by atoms with E-state index >= 15 is 0 Å². The molecule has 1 aromatic heterocycles. The van der Waals surface area contributed by atoms with Crippen LogP contribution in [0.5, 0.6) is 0 Å². The number of ether oxygens (including phenoxy) is 2. The van der Waals surface area contributed by atoms with Gasteiger partial charge in [-0.3, -0.25) is 0 Å². The molecule has 0 aromatic carbocycles. The summed E-state index contributed by atoms with van der Waals surface area (Å²) < 4.78 is 10.9. The Hall–Kier alpha value is -1.73. The zero-order chi connectivity index (χ0) is 17.2. The van der Waals surface area contributed by atoms with Crippen molar-refractivity contribution in [1.82, 2.24) is 20.2 Å². The zero-order valence-electron chi connectivity index (χ0n) is 14.7. The molecule has 3 heterocycles. The highest BCUT2D eigenvalue weighted by molar-refractivity contribution is 5.74. The first-order chi connectivity index (χ1) is 11.5. The molecule has 7 nitrogen and oxygen atoms in total. The highest BCUT2D eigenvalue weighted by atomic mass is 16.5. The molecule has 0 spiro atoms. The summed E-state index contributed by atoms with van der Waals surface area (Å²) in [4.78, 5) is 23.1. The van der Waals surface area contributed by atoms with E-state index in [0.29, 0.717) is 38.7 Å². The number of likely N-dealkylation sites (tertiary alicyclic amines) is 1. The summed E-state index contributed by atoms with van der Waals surface area (Å²) in [5.41, 5.74) is 2.02. The molecule has 1 aromatic rings. The van der Waals surface area contributed by atoms with E-state index in [1.165, 1.54) is 0 Å². The second-order valence-corrected chi connectivity index (χ2v) is 7.14. The Morgan fingerprint density at radius 3 is 3.12 bits per heavy atom. The van der Waals surface area contributed by atoms with Crippen LogP contribution in [-0.2, 0) is 29.0 Å². The van der Waals surface area contributed by atoms with E-state index in [-0.39, 0.29) is 17.6 Å². The smallest absolute Gasteiger partial charge is 0.317 e. The van der Waals surface area contributed by atoms with Crippen LogP contribution in [0.3, 0.4) is 0 Å². The van der Waals surface area contributed by atoms with E-state index in [0.717, 1.165) is 24.1 Å². The lowest BCUT2D eigenvalue weighted by atomic mass is 9.81. The van der Waals surface area contributed by atoms with E-state index in [1.807, 2.05) is 4.90 Å². The van der Waals surface area contributed by atoms with E-state index < -0.39 is 0 Å². The third-order valence-corrected chi connectivity index (χ3v) is 4.85. The number of hydrogen-bond donors (Lipinski definition) is 1. The highest BCUT2D eigenvalue weighted by Gasteiger charge is 2.37. The number of urea groups is 1. The van der Waals surface area contributed by atoms with Crippen LogP contribution in [-0.4, -0.2) is 53.8 Å². The van der Waals surface area contributed by atoms with Gasteiger partial charge in [0.2, 0.25) is 0 Å². The first-order valence-electron chi connectivity index (χ1n) is 8.46. The summed E-state index contributed by atoms with van der Waals surface area (Å²) >= 11 is 0. The van der Waals surface area contributed by atoms with Gasteiger partial charge < -0.3 is 19.7 Å². The fraction of sp³-hybridized carbons (Fsp3) is 0.706. The Kier molecular flexibility index (Phi) is 5.01. The van der Waals surface area contributed by atoms with E-state index in [9.17, 15) is 4.79 Å². The number of piperidine rings is 1. The van der Waals surface area contributed by atoms with Crippen molar-refractivity contribution in [1.29, 1.82) is 0 Å². The van der Waals surface area contributed by atoms with Crippen LogP contribution < -0.4 is 5.32 Å². The molecule has 132 valence electrons. The van der Waals surface area contributed by atoms with Crippen LogP contribution in [0.25, 0.3) is 0 Å². The van der Waals surface area contributed by atoms with Gasteiger partial charge in [-0.15, -0.1) is 0 Å². The van der Waals surface area contributed by atoms with Gasteiger partial charge >= 0.3 is 6.03 Å². The fourth-order valence-corrected chi connectivity index (χ4v) is 3.47. The van der Waals surface area contributed by atoms with Gasteiger partial charge in [-0.2, -0.15) is 0 Å². The number of carbonyl (C=O) groups is 1. The van der Waals surface area contributed by atoms with Gasteiger partial charge in [0.1, 0.15) is 5.82 Å². The number of methoxy groups -OCH3 is 1. The average molecular weight is 334 g/mol. The molecule has 1 saturated heterocycles. The first-order valence-corrected chi connectivity index (χ1v) is 8.46. The highest BCUT2D eigenvalue weighted by Crippen LogP contribution is 2.31. The molecule has 7 heteroatoms. The van der Waals surface area contributed by atoms with Crippen LogP contribution in [0.1, 0.15) is 37.4 Å². The number of aromatic nitrogens is 2. The summed E-state index contributed by atoms with van der Waals surface area (Å²) in [5, 5.41) is 2.94. The number of fused-ring (bicyclic) bond motifs is 1. The summed E-state index contributed by atoms with van der Waals surface area (Å²) in [6.45, 7) is 7.27. The number of nitrogens with one attached hydrogen (secondary N) is 1. The van der Waals surface area contributed by atoms with Crippen molar-refractivity contribution >= 4 is 6.03 Å². The maximum atomic E-state index is 12.4. The van der Waals surface area contributed by atoms with Gasteiger partial charge in [-0.05, 0) is 6.42 Å². The summed E-state index contributed by atoms with van der Waals surface area (Å²) in [6.07, 6.45) is 3.65. The normalized spacial score (nSPS) is 22.8. The molecule has 0 radical (unpaired) electrons. The predicted molar refractivity (Wildman–Crippen MR) is 88.4 cm³/mol. The molecule has 2 aliphatic rings. The van der Waals surface area contributed by atoms with Crippen LogP contribution in [0.4, 0.5) is 4.79 Å². The Morgan fingerprint density at radius 1 is 1.54 bits per heavy atom. The van der Waals surface area contributed by atoms with Gasteiger partial charge in [0.25, 0.3) is 0 Å². The predicted octanol–water partition coefficient (Wildman–Crippen LogP) is 1.51. The Bertz CT molecular complexity index is 605. The molecule has 1 N–H and O–H groups in total. The van der Waals surface area contributed by atoms with Crippen molar-refractivity contribution in [2.24, 2.45) is 5.41 Å². The maximum Gasteiger partial charge on any atom is 0.317 e. The molecular formula is C17H26N4O3. The third kappa shape index (κ3) is 3.67. The van der Waals surface area contributed by atoms with E-state index in [2.05, 4.69) is 29.1 Å². The van der Waals surface area contributed by atoms with Crippen molar-refractivity contribution < 1.29 is 14.3 Å². The number of nitrogens with zero attached hydrogens (tertiary/aromatic N) is 3. The van der Waals surface area contributed by atoms with Crippen molar-refractivity contribution in [2.75, 3.05) is 26.8 Å². The van der Waals surface area contributed by atoms with E-state index in [4.69, 9.17) is 9.47 Å². The second-order valence-electron chi connectivity index (χ2n) is 7.14. The van der Waals surface area contributed by atoms with Crippen molar-refractivity contribution in [2.45, 2.75) is 45.9 Å². The van der Waals surface area contributed by atoms with Gasteiger partial charge in [0, 0.05) is 43.8 Å². The van der Waals surface area contributed by atoms with Crippen molar-refractivity contribution in [3.8, 4) is 0 Å². The van der Waals surface area contributed by atoms with Gasteiger partial charge in [0.15, 0.2) is 0 Å². The van der Waals surface area contributed by atoms with Crippen LogP contribution in [0.15, 0.2) is 6.20 Å². The number of carbonyl (C=O) groups excluding carboxylic acids is 1. The molecule has 2 amide bonds.